The van der Waals surface area contributed by atoms with Crippen LogP contribution < -0.4 is 16.0 Å². The molecule has 0 radical (unpaired) electrons. The van der Waals surface area contributed by atoms with E-state index in [4.69, 9.17) is 10.6 Å². The normalized spacial score (nSPS) is 12.2. The minimum absolute atomic E-state index is 0.0473. The van der Waals surface area contributed by atoms with Crippen LogP contribution in [0.15, 0.2) is 36.7 Å². The molecule has 0 spiro atoms. The molecule has 0 aliphatic rings. The van der Waals surface area contributed by atoms with E-state index in [0.717, 1.165) is 28.0 Å². The van der Waals surface area contributed by atoms with Crippen molar-refractivity contribution < 1.29 is 4.74 Å². The van der Waals surface area contributed by atoms with Crippen molar-refractivity contribution in [3.63, 3.8) is 0 Å². The van der Waals surface area contributed by atoms with Gasteiger partial charge < -0.3 is 4.74 Å². The summed E-state index contributed by atoms with van der Waals surface area (Å²) in [7, 11) is 1.67. The van der Waals surface area contributed by atoms with Crippen molar-refractivity contribution in [2.24, 2.45) is 5.84 Å². The van der Waals surface area contributed by atoms with Gasteiger partial charge in [0.1, 0.15) is 5.75 Å². The molecule has 4 nitrogen and oxygen atoms in total. The van der Waals surface area contributed by atoms with Crippen LogP contribution in [0.2, 0.25) is 0 Å². The summed E-state index contributed by atoms with van der Waals surface area (Å²) in [6.45, 7) is 4.09. The molecular weight excluding hydrogens is 238 g/mol. The molecule has 0 amide bonds. The molecule has 2 aromatic rings. The molecule has 3 N–H and O–H groups in total. The first-order valence-corrected chi connectivity index (χ1v) is 6.18. The smallest absolute Gasteiger partial charge is 0.119 e. The number of nitrogens with zero attached hydrogens (tertiary/aromatic N) is 1. The van der Waals surface area contributed by atoms with Gasteiger partial charge in [0.2, 0.25) is 0 Å². The summed E-state index contributed by atoms with van der Waals surface area (Å²) in [6.07, 6.45) is 3.63. The lowest BCUT2D eigenvalue weighted by molar-refractivity contribution is 0.414. The maximum atomic E-state index is 5.74. The Balaban J connectivity index is 2.46. The number of methoxy groups -OCH3 is 1. The molecule has 4 heteroatoms. The first-order chi connectivity index (χ1) is 9.17. The largest absolute Gasteiger partial charge is 0.497 e. The summed E-state index contributed by atoms with van der Waals surface area (Å²) in [5, 5.41) is 0. The zero-order valence-corrected chi connectivity index (χ0v) is 11.5. The number of hydrazine groups is 1. The Morgan fingerprint density at radius 3 is 2.47 bits per heavy atom. The molecule has 0 bridgehead atoms. The Morgan fingerprint density at radius 2 is 1.89 bits per heavy atom. The molecule has 1 aromatic heterocycles. The highest BCUT2D eigenvalue weighted by Gasteiger charge is 2.16. The lowest BCUT2D eigenvalue weighted by Gasteiger charge is -2.21. The maximum Gasteiger partial charge on any atom is 0.119 e. The summed E-state index contributed by atoms with van der Waals surface area (Å²) in [4.78, 5) is 4.12. The van der Waals surface area contributed by atoms with E-state index in [1.54, 1.807) is 13.3 Å². The van der Waals surface area contributed by atoms with Crippen molar-refractivity contribution in [1.82, 2.24) is 10.4 Å². The standard InChI is InChI=1S/C15H19N3O/c1-10-8-12(19-3)4-5-13(10)15(18-16)14-6-7-17-9-11(14)2/h4-9,15,18H,16H2,1-3H3. The summed E-state index contributed by atoms with van der Waals surface area (Å²) in [6, 6.07) is 7.94. The Labute approximate surface area is 113 Å². The van der Waals surface area contributed by atoms with Crippen LogP contribution in [-0.2, 0) is 0 Å². The van der Waals surface area contributed by atoms with Crippen molar-refractivity contribution in [2.75, 3.05) is 7.11 Å². The number of nitrogens with one attached hydrogen (secondary N) is 1. The van der Waals surface area contributed by atoms with Gasteiger partial charge in [-0.25, -0.2) is 5.43 Å². The number of benzene rings is 1. The third-order valence-corrected chi connectivity index (χ3v) is 3.33. The fourth-order valence-electron chi connectivity index (χ4n) is 2.25. The lowest BCUT2D eigenvalue weighted by Crippen LogP contribution is -2.30. The van der Waals surface area contributed by atoms with E-state index in [1.807, 2.05) is 37.4 Å². The van der Waals surface area contributed by atoms with Crippen LogP contribution in [0.5, 0.6) is 5.75 Å². The Hall–Kier alpha value is -1.91. The van der Waals surface area contributed by atoms with E-state index < -0.39 is 0 Å². The second-order valence-corrected chi connectivity index (χ2v) is 4.55. The zero-order valence-electron chi connectivity index (χ0n) is 11.5. The first kappa shape index (κ1) is 13.5. The van der Waals surface area contributed by atoms with E-state index >= 15 is 0 Å². The van der Waals surface area contributed by atoms with Gasteiger partial charge in [-0.15, -0.1) is 0 Å². The summed E-state index contributed by atoms with van der Waals surface area (Å²) in [5.41, 5.74) is 7.40. The summed E-state index contributed by atoms with van der Waals surface area (Å²) >= 11 is 0. The molecule has 19 heavy (non-hydrogen) atoms. The van der Waals surface area contributed by atoms with Crippen LogP contribution >= 0.6 is 0 Å². The maximum absolute atomic E-state index is 5.74. The predicted molar refractivity (Wildman–Crippen MR) is 75.9 cm³/mol. The number of hydrogen-bond donors (Lipinski definition) is 2. The van der Waals surface area contributed by atoms with Crippen LogP contribution in [0.1, 0.15) is 28.3 Å². The third-order valence-electron chi connectivity index (χ3n) is 3.33. The van der Waals surface area contributed by atoms with Crippen molar-refractivity contribution in [3.05, 3.63) is 58.9 Å². The Bertz CT molecular complexity index is 569. The van der Waals surface area contributed by atoms with Gasteiger partial charge >= 0.3 is 0 Å². The molecule has 0 fully saturated rings. The monoisotopic (exact) mass is 257 g/mol. The fraction of sp³-hybridized carbons (Fsp3) is 0.267. The van der Waals surface area contributed by atoms with Gasteiger partial charge in [-0.1, -0.05) is 6.07 Å². The highest BCUT2D eigenvalue weighted by Crippen LogP contribution is 2.28. The number of nitrogens with two attached hydrogens (primary N) is 1. The fourth-order valence-corrected chi connectivity index (χ4v) is 2.25. The summed E-state index contributed by atoms with van der Waals surface area (Å²) in [5.74, 6) is 6.59. The molecular formula is C15H19N3O. The molecule has 1 aromatic carbocycles. The lowest BCUT2D eigenvalue weighted by atomic mass is 9.93. The predicted octanol–water partition coefficient (Wildman–Crippen LogP) is 2.26. The highest BCUT2D eigenvalue weighted by atomic mass is 16.5. The van der Waals surface area contributed by atoms with Gasteiger partial charge in [0, 0.05) is 12.4 Å². The van der Waals surface area contributed by atoms with E-state index in [-0.39, 0.29) is 6.04 Å². The van der Waals surface area contributed by atoms with Gasteiger partial charge in [0.15, 0.2) is 0 Å². The second-order valence-electron chi connectivity index (χ2n) is 4.55. The first-order valence-electron chi connectivity index (χ1n) is 6.18. The van der Waals surface area contributed by atoms with Crippen molar-refractivity contribution >= 4 is 0 Å². The zero-order chi connectivity index (χ0) is 13.8. The molecule has 1 atom stereocenters. The Morgan fingerprint density at radius 1 is 1.16 bits per heavy atom. The number of pyridine rings is 1. The van der Waals surface area contributed by atoms with Gasteiger partial charge in [0.05, 0.1) is 13.2 Å². The van der Waals surface area contributed by atoms with Crippen molar-refractivity contribution in [3.8, 4) is 5.75 Å². The minimum atomic E-state index is -0.0473. The number of hydrogen-bond acceptors (Lipinski definition) is 4. The van der Waals surface area contributed by atoms with Crippen LogP contribution in [0, 0.1) is 13.8 Å². The van der Waals surface area contributed by atoms with E-state index in [0.29, 0.717) is 0 Å². The summed E-state index contributed by atoms with van der Waals surface area (Å²) < 4.78 is 5.23. The molecule has 100 valence electrons. The molecule has 2 rings (SSSR count). The molecule has 1 heterocycles. The van der Waals surface area contributed by atoms with Gasteiger partial charge in [-0.2, -0.15) is 0 Å². The molecule has 0 saturated carbocycles. The number of ether oxygens (including phenoxy) is 1. The van der Waals surface area contributed by atoms with Crippen molar-refractivity contribution in [2.45, 2.75) is 19.9 Å². The molecule has 0 aliphatic carbocycles. The average Bonchev–Trinajstić information content (AvgIpc) is 2.43. The molecule has 0 saturated heterocycles. The number of aryl methyl sites for hydroxylation is 2. The molecule has 0 aliphatic heterocycles. The van der Waals surface area contributed by atoms with Gasteiger partial charge in [-0.05, 0) is 54.3 Å². The van der Waals surface area contributed by atoms with Crippen LogP contribution in [0.4, 0.5) is 0 Å². The van der Waals surface area contributed by atoms with E-state index in [9.17, 15) is 0 Å². The molecule has 1 unspecified atom stereocenters. The topological polar surface area (TPSA) is 60.2 Å². The SMILES string of the molecule is COc1ccc(C(NN)c2ccncc2C)c(C)c1. The third kappa shape index (κ3) is 2.75. The average molecular weight is 257 g/mol. The van der Waals surface area contributed by atoms with Gasteiger partial charge in [0.25, 0.3) is 0 Å². The van der Waals surface area contributed by atoms with Crippen LogP contribution in [0.25, 0.3) is 0 Å². The van der Waals surface area contributed by atoms with Gasteiger partial charge in [-0.3, -0.25) is 10.8 Å². The minimum Gasteiger partial charge on any atom is -0.497 e. The van der Waals surface area contributed by atoms with Crippen LogP contribution in [0.3, 0.4) is 0 Å². The quantitative estimate of drug-likeness (QED) is 0.651. The van der Waals surface area contributed by atoms with Crippen LogP contribution in [-0.4, -0.2) is 12.1 Å². The van der Waals surface area contributed by atoms with E-state index in [2.05, 4.69) is 17.3 Å². The van der Waals surface area contributed by atoms with E-state index in [1.165, 1.54) is 0 Å². The number of aromatic nitrogens is 1. The Kier molecular flexibility index (Phi) is 4.14. The number of rotatable bonds is 4. The second kappa shape index (κ2) is 5.82. The highest BCUT2D eigenvalue weighted by molar-refractivity contribution is 5.42. The van der Waals surface area contributed by atoms with Crippen molar-refractivity contribution in [1.29, 1.82) is 0 Å².